The van der Waals surface area contributed by atoms with Gasteiger partial charge < -0.3 is 37.2 Å². The molecule has 0 aliphatic carbocycles. The average Bonchev–Trinajstić information content (AvgIpc) is 2.91. The van der Waals surface area contributed by atoms with Gasteiger partial charge in [0.1, 0.15) is 0 Å². The van der Waals surface area contributed by atoms with Crippen LogP contribution in [0.4, 0.5) is 0 Å². The zero-order chi connectivity index (χ0) is 13.0. The number of hydrogen-bond acceptors (Lipinski definition) is 0. The van der Waals surface area contributed by atoms with E-state index in [9.17, 15) is 0 Å². The molecule has 0 fully saturated rings. The molecule has 2 aromatic rings. The molecule has 22 heavy (non-hydrogen) atoms. The molecule has 0 nitrogen and oxygen atoms in total. The second-order valence-corrected chi connectivity index (χ2v) is 9.75. The van der Waals surface area contributed by atoms with E-state index in [-0.39, 0.29) is 58.9 Å². The monoisotopic (exact) mass is 408 g/mol. The molecule has 0 aliphatic heterocycles. The van der Waals surface area contributed by atoms with Gasteiger partial charge in [0, 0.05) is 0 Å². The van der Waals surface area contributed by atoms with Crippen LogP contribution in [0.5, 0.6) is 0 Å². The Hall–Kier alpha value is 0.371. The van der Waals surface area contributed by atoms with Gasteiger partial charge in [0.15, 0.2) is 0 Å². The van der Waals surface area contributed by atoms with Crippen molar-refractivity contribution in [2.75, 3.05) is 0 Å². The molecule has 0 saturated heterocycles. The fourth-order valence-corrected chi connectivity index (χ4v) is 7.16. The van der Waals surface area contributed by atoms with E-state index in [1.807, 2.05) is 0 Å². The Labute approximate surface area is 170 Å². The summed E-state index contributed by atoms with van der Waals surface area (Å²) in [5.41, 5.74) is 1.49. The summed E-state index contributed by atoms with van der Waals surface area (Å²) in [4.78, 5) is 0. The molecule has 0 bridgehead atoms. The van der Waals surface area contributed by atoms with E-state index < -0.39 is 8.07 Å². The van der Waals surface area contributed by atoms with Crippen LogP contribution < -0.4 is 47.6 Å². The second-order valence-electron chi connectivity index (χ2n) is 5.02. The third-order valence-corrected chi connectivity index (χ3v) is 9.58. The number of hydrogen-bond donors (Lipinski definition) is 0. The average molecular weight is 410 g/mol. The summed E-state index contributed by atoms with van der Waals surface area (Å²) in [6, 6.07) is 20.9. The standard InChI is InChI=1S/C17H23Si.3ClH.Ti/c1-4-15-12-13-17(14-15)18(5-2,6-3)16-10-8-7-9-11-16;;;;/h7-14H,4-6H2,1-3H3;3*1H;/q-1;;;;+4/p-3. The summed E-state index contributed by atoms with van der Waals surface area (Å²) in [6.07, 6.45) is 1.15. The molecule has 0 spiro atoms. The Balaban J connectivity index is -0.000000902. The van der Waals surface area contributed by atoms with Gasteiger partial charge in [-0.15, -0.1) is 0 Å². The minimum absolute atomic E-state index is 0. The van der Waals surface area contributed by atoms with Crippen molar-refractivity contribution >= 4 is 18.4 Å². The molecule has 2 rings (SSSR count). The van der Waals surface area contributed by atoms with Crippen LogP contribution >= 0.6 is 0 Å². The molecule has 0 unspecified atom stereocenters. The van der Waals surface area contributed by atoms with Gasteiger partial charge in [0.25, 0.3) is 0 Å². The van der Waals surface area contributed by atoms with Crippen LogP contribution in [-0.2, 0) is 28.1 Å². The van der Waals surface area contributed by atoms with Crippen molar-refractivity contribution in [1.29, 1.82) is 0 Å². The zero-order valence-corrected chi connectivity index (χ0v) is 18.2. The predicted molar refractivity (Wildman–Crippen MR) is 83.8 cm³/mol. The molecule has 0 saturated carbocycles. The first-order chi connectivity index (χ1) is 8.76. The summed E-state index contributed by atoms with van der Waals surface area (Å²) in [5.74, 6) is 0. The van der Waals surface area contributed by atoms with Crippen molar-refractivity contribution in [3.05, 3.63) is 54.1 Å². The van der Waals surface area contributed by atoms with Crippen molar-refractivity contribution in [3.63, 3.8) is 0 Å². The SMILES string of the molecule is CCc1cc[c-]([Si](CC)(CC)c2ccccc2)c1.[Cl-].[Cl-].[Cl-].[Ti+4]. The molecule has 5 heteroatoms. The Kier molecular flexibility index (Phi) is 15.8. The molecular formula is C17H23Cl3SiTi. The maximum absolute atomic E-state index is 2.45. The van der Waals surface area contributed by atoms with Crippen molar-refractivity contribution < 1.29 is 58.9 Å². The van der Waals surface area contributed by atoms with Crippen LogP contribution in [0, 0.1) is 0 Å². The molecule has 2 aromatic carbocycles. The number of rotatable bonds is 5. The van der Waals surface area contributed by atoms with Gasteiger partial charge in [-0.05, 0) is 0 Å². The van der Waals surface area contributed by atoms with Crippen molar-refractivity contribution in [2.24, 2.45) is 0 Å². The predicted octanol–water partition coefficient (Wildman–Crippen LogP) is -5.42. The first kappa shape index (κ1) is 27.2. The summed E-state index contributed by atoms with van der Waals surface area (Å²) in [5, 5.41) is 3.21. The molecule has 0 atom stereocenters. The van der Waals surface area contributed by atoms with Crippen molar-refractivity contribution in [2.45, 2.75) is 39.3 Å². The van der Waals surface area contributed by atoms with Crippen LogP contribution in [0.2, 0.25) is 12.1 Å². The normalized spacial score (nSPS) is 9.59. The van der Waals surface area contributed by atoms with E-state index in [4.69, 9.17) is 0 Å². The molecule has 0 heterocycles. The van der Waals surface area contributed by atoms with Gasteiger partial charge in [-0.1, -0.05) is 74.8 Å². The molecular weight excluding hydrogens is 386 g/mol. The smallest absolute Gasteiger partial charge is 1.00 e. The Bertz CT molecular complexity index is 496. The van der Waals surface area contributed by atoms with Crippen LogP contribution in [0.3, 0.4) is 0 Å². The molecule has 120 valence electrons. The topological polar surface area (TPSA) is 0 Å². The summed E-state index contributed by atoms with van der Waals surface area (Å²) in [6.45, 7) is 6.96. The number of aryl methyl sites for hydroxylation is 1. The van der Waals surface area contributed by atoms with E-state index in [0.29, 0.717) is 0 Å². The molecule has 0 aliphatic rings. The van der Waals surface area contributed by atoms with Gasteiger partial charge in [0.05, 0.1) is 8.07 Å². The third-order valence-electron chi connectivity index (χ3n) is 4.31. The molecule has 0 aromatic heterocycles. The van der Waals surface area contributed by atoms with E-state index in [1.54, 1.807) is 10.4 Å². The number of benzene rings is 1. The summed E-state index contributed by atoms with van der Waals surface area (Å²) >= 11 is 0. The summed E-state index contributed by atoms with van der Waals surface area (Å²) < 4.78 is 0. The summed E-state index contributed by atoms with van der Waals surface area (Å²) in [7, 11) is -1.49. The molecule has 0 radical (unpaired) electrons. The van der Waals surface area contributed by atoms with E-state index >= 15 is 0 Å². The van der Waals surface area contributed by atoms with Crippen molar-refractivity contribution in [3.8, 4) is 0 Å². The second kappa shape index (κ2) is 12.8. The van der Waals surface area contributed by atoms with Crippen LogP contribution in [0.1, 0.15) is 26.3 Å². The fraction of sp³-hybridized carbons (Fsp3) is 0.353. The van der Waals surface area contributed by atoms with Crippen molar-refractivity contribution in [1.82, 2.24) is 0 Å². The third kappa shape index (κ3) is 5.47. The van der Waals surface area contributed by atoms with E-state index in [0.717, 1.165) is 6.42 Å². The maximum atomic E-state index is 2.45. The molecule has 0 N–H and O–H groups in total. The van der Waals surface area contributed by atoms with Gasteiger partial charge in [0.2, 0.25) is 0 Å². The van der Waals surface area contributed by atoms with E-state index in [2.05, 4.69) is 69.3 Å². The minimum atomic E-state index is -1.49. The van der Waals surface area contributed by atoms with Gasteiger partial charge in [-0.25, -0.2) is 6.07 Å². The van der Waals surface area contributed by atoms with Gasteiger partial charge in [-0.3, -0.25) is 0 Å². The zero-order valence-electron chi connectivity index (χ0n) is 13.4. The van der Waals surface area contributed by atoms with E-state index in [1.165, 1.54) is 17.7 Å². The fourth-order valence-electron chi connectivity index (χ4n) is 3.00. The Morgan fingerprint density at radius 2 is 1.41 bits per heavy atom. The Morgan fingerprint density at radius 3 is 1.82 bits per heavy atom. The minimum Gasteiger partial charge on any atom is -1.00 e. The first-order valence-corrected chi connectivity index (χ1v) is 9.49. The maximum Gasteiger partial charge on any atom is 4.00 e. The van der Waals surface area contributed by atoms with Crippen LogP contribution in [0.25, 0.3) is 0 Å². The van der Waals surface area contributed by atoms with Gasteiger partial charge in [-0.2, -0.15) is 22.9 Å². The molecule has 0 amide bonds. The van der Waals surface area contributed by atoms with Gasteiger partial charge >= 0.3 is 21.7 Å². The van der Waals surface area contributed by atoms with Crippen LogP contribution in [-0.4, -0.2) is 8.07 Å². The van der Waals surface area contributed by atoms with Crippen LogP contribution in [0.15, 0.2) is 48.5 Å². The quantitative estimate of drug-likeness (QED) is 0.342. The Morgan fingerprint density at radius 1 is 0.864 bits per heavy atom. The largest absolute Gasteiger partial charge is 4.00 e. The number of halogens is 3. The first-order valence-electron chi connectivity index (χ1n) is 7.08.